The van der Waals surface area contributed by atoms with Crippen molar-refractivity contribution in [1.82, 2.24) is 5.32 Å². The molecule has 0 saturated heterocycles. The van der Waals surface area contributed by atoms with Gasteiger partial charge in [0, 0.05) is 18.3 Å². The Labute approximate surface area is 124 Å². The summed E-state index contributed by atoms with van der Waals surface area (Å²) in [5.41, 5.74) is 2.59. The van der Waals surface area contributed by atoms with E-state index in [9.17, 15) is 9.59 Å². The topological polar surface area (TPSA) is 78.4 Å². The van der Waals surface area contributed by atoms with E-state index >= 15 is 0 Å². The number of rotatable bonds is 5. The van der Waals surface area contributed by atoms with E-state index in [1.807, 2.05) is 32.0 Å². The van der Waals surface area contributed by atoms with E-state index < -0.39 is 11.8 Å². The largest absolute Gasteiger partial charge is 0.396 e. The van der Waals surface area contributed by atoms with Gasteiger partial charge in [-0.05, 0) is 56.2 Å². The third-order valence-electron chi connectivity index (χ3n) is 3.80. The quantitative estimate of drug-likeness (QED) is 0.719. The van der Waals surface area contributed by atoms with Crippen molar-refractivity contribution in [3.8, 4) is 0 Å². The summed E-state index contributed by atoms with van der Waals surface area (Å²) >= 11 is 0. The molecule has 1 unspecified atom stereocenters. The lowest BCUT2D eigenvalue weighted by Gasteiger charge is -2.17. The first-order valence-corrected chi connectivity index (χ1v) is 7.31. The highest BCUT2D eigenvalue weighted by atomic mass is 16.3. The minimum atomic E-state index is -0.660. The van der Waals surface area contributed by atoms with Crippen LogP contribution in [0.4, 0.5) is 5.69 Å². The Morgan fingerprint density at radius 3 is 2.62 bits per heavy atom. The van der Waals surface area contributed by atoms with Crippen molar-refractivity contribution >= 4 is 17.5 Å². The summed E-state index contributed by atoms with van der Waals surface area (Å²) in [5.74, 6) is -0.900. The zero-order chi connectivity index (χ0) is 15.4. The van der Waals surface area contributed by atoms with Gasteiger partial charge in [0.2, 0.25) is 0 Å². The van der Waals surface area contributed by atoms with Gasteiger partial charge in [0.25, 0.3) is 0 Å². The molecule has 1 aromatic rings. The number of carbonyl (C=O) groups is 2. The maximum absolute atomic E-state index is 12.0. The summed E-state index contributed by atoms with van der Waals surface area (Å²) in [7, 11) is 0. The molecule has 3 N–H and O–H groups in total. The number of hydrogen-bond acceptors (Lipinski definition) is 3. The molecule has 114 valence electrons. The molecule has 1 fully saturated rings. The van der Waals surface area contributed by atoms with E-state index in [0.29, 0.717) is 18.0 Å². The molecule has 0 aliphatic heterocycles. The number of aryl methyl sites for hydroxylation is 2. The average molecular weight is 290 g/mol. The molecule has 0 bridgehead atoms. The lowest BCUT2D eigenvalue weighted by Crippen LogP contribution is -2.43. The first kappa shape index (κ1) is 15.5. The van der Waals surface area contributed by atoms with Crippen LogP contribution in [0.15, 0.2) is 18.2 Å². The average Bonchev–Trinajstić information content (AvgIpc) is 3.26. The Kier molecular flexibility index (Phi) is 4.96. The molecule has 2 rings (SSSR count). The molecule has 1 atom stereocenters. The second kappa shape index (κ2) is 6.72. The minimum absolute atomic E-state index is 0.0139. The highest BCUT2D eigenvalue weighted by Crippen LogP contribution is 2.33. The third kappa shape index (κ3) is 4.29. The van der Waals surface area contributed by atoms with Crippen LogP contribution in [0.3, 0.4) is 0 Å². The Morgan fingerprint density at radius 2 is 2.00 bits per heavy atom. The molecule has 0 heterocycles. The molecule has 5 nitrogen and oxygen atoms in total. The molecule has 21 heavy (non-hydrogen) atoms. The van der Waals surface area contributed by atoms with Crippen molar-refractivity contribution in [1.29, 1.82) is 0 Å². The fourth-order valence-corrected chi connectivity index (χ4v) is 2.35. The molecular weight excluding hydrogens is 268 g/mol. The first-order chi connectivity index (χ1) is 10.0. The summed E-state index contributed by atoms with van der Waals surface area (Å²) in [6.07, 6.45) is 2.58. The standard InChI is InChI=1S/C16H22N2O3/c1-10-3-4-11(2)14(9-10)18-16(21)15(20)17-13(7-8-19)12-5-6-12/h3-4,9,12-13,19H,5-8H2,1-2H3,(H,17,20)(H,18,21). The van der Waals surface area contributed by atoms with E-state index in [1.165, 1.54) is 0 Å². The number of benzene rings is 1. The molecule has 1 aromatic carbocycles. The summed E-state index contributed by atoms with van der Waals surface area (Å²) in [4.78, 5) is 23.9. The van der Waals surface area contributed by atoms with Crippen LogP contribution in [0.1, 0.15) is 30.4 Å². The maximum atomic E-state index is 12.0. The zero-order valence-corrected chi connectivity index (χ0v) is 12.5. The van der Waals surface area contributed by atoms with Crippen LogP contribution in [0, 0.1) is 19.8 Å². The van der Waals surface area contributed by atoms with E-state index in [2.05, 4.69) is 10.6 Å². The lowest BCUT2D eigenvalue weighted by molar-refractivity contribution is -0.136. The van der Waals surface area contributed by atoms with Gasteiger partial charge in [-0.25, -0.2) is 0 Å². The summed E-state index contributed by atoms with van der Waals surface area (Å²) < 4.78 is 0. The Balaban J connectivity index is 1.95. The van der Waals surface area contributed by atoms with Crippen LogP contribution in [0.5, 0.6) is 0 Å². The fraction of sp³-hybridized carbons (Fsp3) is 0.500. The van der Waals surface area contributed by atoms with Gasteiger partial charge in [0.15, 0.2) is 0 Å². The number of aliphatic hydroxyl groups is 1. The molecule has 0 aromatic heterocycles. The van der Waals surface area contributed by atoms with Crippen LogP contribution in [0.2, 0.25) is 0 Å². The van der Waals surface area contributed by atoms with E-state index in [4.69, 9.17) is 5.11 Å². The van der Waals surface area contributed by atoms with Gasteiger partial charge in [-0.15, -0.1) is 0 Å². The van der Waals surface area contributed by atoms with Crippen molar-refractivity contribution in [3.05, 3.63) is 29.3 Å². The van der Waals surface area contributed by atoms with Crippen molar-refractivity contribution in [2.24, 2.45) is 5.92 Å². The second-order valence-electron chi connectivity index (χ2n) is 5.70. The second-order valence-corrected chi connectivity index (χ2v) is 5.70. The maximum Gasteiger partial charge on any atom is 0.313 e. The van der Waals surface area contributed by atoms with Gasteiger partial charge in [-0.2, -0.15) is 0 Å². The summed E-state index contributed by atoms with van der Waals surface area (Å²) in [6, 6.07) is 5.59. The van der Waals surface area contributed by atoms with Crippen molar-refractivity contribution in [2.75, 3.05) is 11.9 Å². The fourth-order valence-electron chi connectivity index (χ4n) is 2.35. The number of anilines is 1. The third-order valence-corrected chi connectivity index (χ3v) is 3.80. The highest BCUT2D eigenvalue weighted by molar-refractivity contribution is 6.39. The van der Waals surface area contributed by atoms with Crippen molar-refractivity contribution in [2.45, 2.75) is 39.2 Å². The SMILES string of the molecule is Cc1ccc(C)c(NC(=O)C(=O)NC(CCO)C2CC2)c1. The number of nitrogens with one attached hydrogen (secondary N) is 2. The molecular formula is C16H22N2O3. The molecule has 1 saturated carbocycles. The molecule has 0 radical (unpaired) electrons. The number of carbonyl (C=O) groups excluding carboxylic acids is 2. The van der Waals surface area contributed by atoms with E-state index in [0.717, 1.165) is 24.0 Å². The number of aliphatic hydroxyl groups excluding tert-OH is 1. The van der Waals surface area contributed by atoms with E-state index in [-0.39, 0.29) is 12.6 Å². The number of hydrogen-bond donors (Lipinski definition) is 3. The van der Waals surface area contributed by atoms with Gasteiger partial charge in [-0.3, -0.25) is 9.59 Å². The van der Waals surface area contributed by atoms with Gasteiger partial charge in [0.1, 0.15) is 0 Å². The molecule has 0 spiro atoms. The number of amides is 2. The summed E-state index contributed by atoms with van der Waals surface area (Å²) in [6.45, 7) is 3.82. The van der Waals surface area contributed by atoms with Crippen LogP contribution in [0.25, 0.3) is 0 Å². The Hall–Kier alpha value is -1.88. The highest BCUT2D eigenvalue weighted by Gasteiger charge is 2.33. The minimum Gasteiger partial charge on any atom is -0.396 e. The Bertz CT molecular complexity index is 538. The van der Waals surface area contributed by atoms with Crippen LogP contribution >= 0.6 is 0 Å². The van der Waals surface area contributed by atoms with Crippen molar-refractivity contribution < 1.29 is 14.7 Å². The van der Waals surface area contributed by atoms with Gasteiger partial charge >= 0.3 is 11.8 Å². The van der Waals surface area contributed by atoms with E-state index in [1.54, 1.807) is 0 Å². The monoisotopic (exact) mass is 290 g/mol. The Morgan fingerprint density at radius 1 is 1.29 bits per heavy atom. The molecule has 5 heteroatoms. The van der Waals surface area contributed by atoms with Crippen LogP contribution in [-0.2, 0) is 9.59 Å². The normalized spacial score (nSPS) is 15.4. The van der Waals surface area contributed by atoms with Crippen molar-refractivity contribution in [3.63, 3.8) is 0 Å². The lowest BCUT2D eigenvalue weighted by atomic mass is 10.1. The smallest absolute Gasteiger partial charge is 0.313 e. The van der Waals surface area contributed by atoms with Crippen LogP contribution in [-0.4, -0.2) is 29.6 Å². The van der Waals surface area contributed by atoms with Crippen LogP contribution < -0.4 is 10.6 Å². The molecule has 2 amide bonds. The molecule has 1 aliphatic rings. The van der Waals surface area contributed by atoms with Gasteiger partial charge < -0.3 is 15.7 Å². The first-order valence-electron chi connectivity index (χ1n) is 7.31. The zero-order valence-electron chi connectivity index (χ0n) is 12.5. The predicted octanol–water partition coefficient (Wildman–Crippen LogP) is 1.52. The summed E-state index contributed by atoms with van der Waals surface area (Å²) in [5, 5.41) is 14.4. The predicted molar refractivity (Wildman–Crippen MR) is 80.9 cm³/mol. The van der Waals surface area contributed by atoms with Gasteiger partial charge in [0.05, 0.1) is 0 Å². The van der Waals surface area contributed by atoms with Gasteiger partial charge in [-0.1, -0.05) is 12.1 Å². The molecule has 1 aliphatic carbocycles.